The molecule has 0 aromatic heterocycles. The highest BCUT2D eigenvalue weighted by Gasteiger charge is 2.61. The predicted molar refractivity (Wildman–Crippen MR) is 88.4 cm³/mol. The van der Waals surface area contributed by atoms with Crippen molar-refractivity contribution in [1.82, 2.24) is 0 Å². The van der Waals surface area contributed by atoms with Gasteiger partial charge in [-0.3, -0.25) is 0 Å². The third-order valence-electron chi connectivity index (χ3n) is 8.83. The molecule has 8 atom stereocenters. The molecule has 3 unspecified atom stereocenters. The van der Waals surface area contributed by atoms with E-state index in [2.05, 4.69) is 13.8 Å². The SMILES string of the molecule is CCC1(O)CC[C@H]2[C@@H]3CCC4CC(O)CC[C@@H]4[C@H]3CC[C@@]21C. The van der Waals surface area contributed by atoms with E-state index in [9.17, 15) is 10.2 Å². The molecule has 126 valence electrons. The smallest absolute Gasteiger partial charge is 0.0701 e. The summed E-state index contributed by atoms with van der Waals surface area (Å²) < 4.78 is 0. The van der Waals surface area contributed by atoms with Gasteiger partial charge in [-0.2, -0.15) is 0 Å². The van der Waals surface area contributed by atoms with Gasteiger partial charge in [0.25, 0.3) is 0 Å². The largest absolute Gasteiger partial charge is 0.393 e. The summed E-state index contributed by atoms with van der Waals surface area (Å²) in [4.78, 5) is 0. The van der Waals surface area contributed by atoms with E-state index in [0.29, 0.717) is 0 Å². The molecule has 2 nitrogen and oxygen atoms in total. The lowest BCUT2D eigenvalue weighted by atomic mass is 9.49. The summed E-state index contributed by atoms with van der Waals surface area (Å²) >= 11 is 0. The molecule has 4 saturated carbocycles. The maximum absolute atomic E-state index is 11.2. The number of hydrogen-bond acceptors (Lipinski definition) is 2. The lowest BCUT2D eigenvalue weighted by Gasteiger charge is -2.57. The van der Waals surface area contributed by atoms with E-state index in [1.165, 1.54) is 38.5 Å². The number of fused-ring (bicyclic) bond motifs is 5. The van der Waals surface area contributed by atoms with Crippen LogP contribution in [0.25, 0.3) is 0 Å². The Labute approximate surface area is 135 Å². The lowest BCUT2D eigenvalue weighted by Crippen LogP contribution is -2.53. The van der Waals surface area contributed by atoms with Gasteiger partial charge in [-0.25, -0.2) is 0 Å². The first kappa shape index (κ1) is 15.4. The van der Waals surface area contributed by atoms with Crippen molar-refractivity contribution in [3.05, 3.63) is 0 Å². The summed E-state index contributed by atoms with van der Waals surface area (Å²) in [6.45, 7) is 4.58. The fraction of sp³-hybridized carbons (Fsp3) is 1.00. The molecule has 4 fully saturated rings. The van der Waals surface area contributed by atoms with Crippen LogP contribution in [0.2, 0.25) is 0 Å². The van der Waals surface area contributed by atoms with Crippen molar-refractivity contribution < 1.29 is 10.2 Å². The van der Waals surface area contributed by atoms with Gasteiger partial charge >= 0.3 is 0 Å². The van der Waals surface area contributed by atoms with Crippen molar-refractivity contribution in [1.29, 1.82) is 0 Å². The van der Waals surface area contributed by atoms with E-state index in [4.69, 9.17) is 0 Å². The van der Waals surface area contributed by atoms with E-state index < -0.39 is 5.60 Å². The molecule has 0 spiro atoms. The van der Waals surface area contributed by atoms with Gasteiger partial charge in [0.1, 0.15) is 0 Å². The number of hydrogen-bond donors (Lipinski definition) is 2. The minimum Gasteiger partial charge on any atom is -0.393 e. The minimum absolute atomic E-state index is 0.0247. The van der Waals surface area contributed by atoms with Crippen molar-refractivity contribution >= 4 is 0 Å². The average molecular weight is 306 g/mol. The summed E-state index contributed by atoms with van der Waals surface area (Å²) in [5, 5.41) is 21.2. The first-order valence-electron chi connectivity index (χ1n) is 9.89. The van der Waals surface area contributed by atoms with Crippen molar-refractivity contribution in [2.24, 2.45) is 35.0 Å². The van der Waals surface area contributed by atoms with Crippen LogP contribution >= 0.6 is 0 Å². The molecular formula is C20H34O2. The third kappa shape index (κ3) is 1.99. The molecule has 2 N–H and O–H groups in total. The minimum atomic E-state index is -0.401. The Bertz CT molecular complexity index is 435. The van der Waals surface area contributed by atoms with Crippen LogP contribution in [0.15, 0.2) is 0 Å². The maximum atomic E-state index is 11.2. The lowest BCUT2D eigenvalue weighted by molar-refractivity contribution is -0.134. The molecule has 22 heavy (non-hydrogen) atoms. The van der Waals surface area contributed by atoms with Crippen molar-refractivity contribution in [2.45, 2.75) is 89.8 Å². The molecule has 4 aliphatic carbocycles. The molecule has 0 aromatic rings. The van der Waals surface area contributed by atoms with E-state index in [0.717, 1.165) is 55.3 Å². The van der Waals surface area contributed by atoms with Gasteiger partial charge < -0.3 is 10.2 Å². The Kier molecular flexibility index (Phi) is 3.66. The van der Waals surface area contributed by atoms with Gasteiger partial charge in [-0.15, -0.1) is 0 Å². The average Bonchev–Trinajstić information content (AvgIpc) is 2.79. The van der Waals surface area contributed by atoms with Crippen LogP contribution in [0, 0.1) is 35.0 Å². The Balaban J connectivity index is 1.58. The molecule has 0 amide bonds. The summed E-state index contributed by atoms with van der Waals surface area (Å²) in [6.07, 6.45) is 11.8. The molecular weight excluding hydrogens is 272 g/mol. The molecule has 4 rings (SSSR count). The Morgan fingerprint density at radius 1 is 0.909 bits per heavy atom. The standard InChI is InChI=1S/C20H34O2/c1-3-20(22)11-9-18-17-6-4-13-12-14(21)5-7-15(13)16(17)8-10-19(18,20)2/h13-18,21-22H,3-12H2,1-2H3/t13?,14?,15-,16+,17+,18-,19-,20?/m0/s1. The van der Waals surface area contributed by atoms with Crippen LogP contribution in [-0.4, -0.2) is 21.9 Å². The van der Waals surface area contributed by atoms with Crippen LogP contribution in [-0.2, 0) is 0 Å². The monoisotopic (exact) mass is 306 g/mol. The fourth-order valence-electron chi connectivity index (χ4n) is 7.52. The quantitative estimate of drug-likeness (QED) is 0.764. The van der Waals surface area contributed by atoms with Gasteiger partial charge in [0.15, 0.2) is 0 Å². The molecule has 0 saturated heterocycles. The topological polar surface area (TPSA) is 40.5 Å². The second-order valence-electron chi connectivity index (χ2n) is 9.28. The Morgan fingerprint density at radius 3 is 2.45 bits per heavy atom. The van der Waals surface area contributed by atoms with Crippen LogP contribution in [0.3, 0.4) is 0 Å². The first-order chi connectivity index (χ1) is 10.5. The highest BCUT2D eigenvalue weighted by Crippen LogP contribution is 2.65. The number of aliphatic hydroxyl groups is 2. The van der Waals surface area contributed by atoms with E-state index in [1.54, 1.807) is 0 Å². The fourth-order valence-corrected chi connectivity index (χ4v) is 7.52. The van der Waals surface area contributed by atoms with Gasteiger partial charge in [0.05, 0.1) is 11.7 Å². The second-order valence-corrected chi connectivity index (χ2v) is 9.28. The highest BCUT2D eigenvalue weighted by molar-refractivity contribution is 5.11. The normalized spacial score (nSPS) is 57.8. The van der Waals surface area contributed by atoms with Gasteiger partial charge in [0, 0.05) is 0 Å². The molecule has 0 heterocycles. The molecule has 0 bridgehead atoms. The molecule has 0 aliphatic heterocycles. The summed E-state index contributed by atoms with van der Waals surface area (Å²) in [7, 11) is 0. The summed E-state index contributed by atoms with van der Waals surface area (Å²) in [6, 6.07) is 0. The van der Waals surface area contributed by atoms with Crippen LogP contribution in [0.5, 0.6) is 0 Å². The zero-order valence-electron chi connectivity index (χ0n) is 14.4. The summed E-state index contributed by atoms with van der Waals surface area (Å²) in [5.41, 5.74) is -0.230. The Morgan fingerprint density at radius 2 is 1.68 bits per heavy atom. The summed E-state index contributed by atoms with van der Waals surface area (Å²) in [5.74, 6) is 4.17. The predicted octanol–water partition coefficient (Wildman–Crippen LogP) is 4.14. The molecule has 4 aliphatic rings. The number of aliphatic hydroxyl groups excluding tert-OH is 1. The van der Waals surface area contributed by atoms with Crippen molar-refractivity contribution in [2.75, 3.05) is 0 Å². The van der Waals surface area contributed by atoms with E-state index >= 15 is 0 Å². The van der Waals surface area contributed by atoms with Gasteiger partial charge in [0.2, 0.25) is 0 Å². The first-order valence-corrected chi connectivity index (χ1v) is 9.89. The Hall–Kier alpha value is -0.0800. The number of rotatable bonds is 1. The zero-order valence-corrected chi connectivity index (χ0v) is 14.4. The van der Waals surface area contributed by atoms with Crippen LogP contribution in [0.1, 0.15) is 78.1 Å². The van der Waals surface area contributed by atoms with Crippen LogP contribution < -0.4 is 0 Å². The maximum Gasteiger partial charge on any atom is 0.0701 e. The third-order valence-corrected chi connectivity index (χ3v) is 8.83. The molecule has 0 radical (unpaired) electrons. The highest BCUT2D eigenvalue weighted by atomic mass is 16.3. The van der Waals surface area contributed by atoms with Gasteiger partial charge in [-0.05, 0) is 99.2 Å². The molecule has 0 aromatic carbocycles. The van der Waals surface area contributed by atoms with Crippen molar-refractivity contribution in [3.63, 3.8) is 0 Å². The van der Waals surface area contributed by atoms with Gasteiger partial charge in [-0.1, -0.05) is 13.8 Å². The van der Waals surface area contributed by atoms with Crippen LogP contribution in [0.4, 0.5) is 0 Å². The van der Waals surface area contributed by atoms with Crippen molar-refractivity contribution in [3.8, 4) is 0 Å². The van der Waals surface area contributed by atoms with E-state index in [1.807, 2.05) is 0 Å². The molecule has 2 heteroatoms. The second kappa shape index (κ2) is 5.21. The van der Waals surface area contributed by atoms with E-state index in [-0.39, 0.29) is 11.5 Å². The zero-order chi connectivity index (χ0) is 15.5.